The Hall–Kier alpha value is -0.920. The van der Waals surface area contributed by atoms with E-state index in [0.717, 1.165) is 0 Å². The zero-order chi connectivity index (χ0) is 7.11. The summed E-state index contributed by atoms with van der Waals surface area (Å²) in [5.41, 5.74) is 1.20. The first-order chi connectivity index (χ1) is 4.31. The van der Waals surface area contributed by atoms with Gasteiger partial charge in [0.15, 0.2) is 0 Å². The lowest BCUT2D eigenvalue weighted by molar-refractivity contribution is 1.16. The Kier molecular flexibility index (Phi) is 4.69. The van der Waals surface area contributed by atoms with E-state index in [1.165, 1.54) is 5.57 Å². The molecule has 50 valence electrons. The topological polar surface area (TPSA) is 24.7 Å². The molecule has 0 rings (SSSR count). The molecule has 0 aliphatic rings. The average molecular weight is 124 g/mol. The highest BCUT2D eigenvalue weighted by Gasteiger charge is 1.72. The van der Waals surface area contributed by atoms with E-state index >= 15 is 0 Å². The van der Waals surface area contributed by atoms with E-state index in [4.69, 9.17) is 0 Å². The molecule has 0 aromatic heterocycles. The first-order valence-electron chi connectivity index (χ1n) is 2.89. The second-order valence-corrected chi connectivity index (χ2v) is 1.66. The van der Waals surface area contributed by atoms with Gasteiger partial charge in [0, 0.05) is 13.2 Å². The fraction of sp³-hybridized carbons (Fsp3) is 0.429. The Balaban J connectivity index is 3.71. The minimum absolute atomic E-state index is 1.20. The predicted molar refractivity (Wildman–Crippen MR) is 39.4 cm³/mol. The normalized spacial score (nSPS) is 13.9. The Morgan fingerprint density at radius 2 is 2.11 bits per heavy atom. The second-order valence-electron chi connectivity index (χ2n) is 1.66. The van der Waals surface area contributed by atoms with Gasteiger partial charge in [0.05, 0.1) is 0 Å². The first kappa shape index (κ1) is 8.08. The van der Waals surface area contributed by atoms with Crippen LogP contribution in [0.3, 0.4) is 0 Å². The van der Waals surface area contributed by atoms with E-state index < -0.39 is 0 Å². The van der Waals surface area contributed by atoms with Crippen molar-refractivity contribution < 1.29 is 0 Å². The van der Waals surface area contributed by atoms with Crippen molar-refractivity contribution in [3.05, 3.63) is 23.9 Å². The molecule has 9 heavy (non-hydrogen) atoms. The molecule has 0 amide bonds. The third-order valence-corrected chi connectivity index (χ3v) is 0.975. The minimum atomic E-state index is 1.20. The molecule has 0 aliphatic carbocycles. The van der Waals surface area contributed by atoms with Crippen molar-refractivity contribution in [3.8, 4) is 0 Å². The van der Waals surface area contributed by atoms with Crippen molar-refractivity contribution in [1.82, 2.24) is 0 Å². The van der Waals surface area contributed by atoms with Crippen LogP contribution in [0.5, 0.6) is 0 Å². The monoisotopic (exact) mass is 124 g/mol. The van der Waals surface area contributed by atoms with Crippen LogP contribution in [0, 0.1) is 0 Å². The fourth-order valence-electron chi connectivity index (χ4n) is 0.314. The second kappa shape index (κ2) is 5.22. The molecule has 2 nitrogen and oxygen atoms in total. The standard InChI is InChI=1S/C7H12N2/c1-4-7(2)5-6-9-8-3/h4-6H,1-3H3/b6-5-,7-4-,9-8?. The van der Waals surface area contributed by atoms with Gasteiger partial charge in [0.1, 0.15) is 0 Å². The molecule has 0 aliphatic heterocycles. The van der Waals surface area contributed by atoms with Gasteiger partial charge >= 0.3 is 0 Å². The number of hydrogen-bond acceptors (Lipinski definition) is 2. The Morgan fingerprint density at radius 3 is 2.56 bits per heavy atom. The fourth-order valence-corrected chi connectivity index (χ4v) is 0.314. The average Bonchev–Trinajstić information content (AvgIpc) is 1.89. The summed E-state index contributed by atoms with van der Waals surface area (Å²) in [6.45, 7) is 4.00. The number of nitrogens with zero attached hydrogens (tertiary/aromatic N) is 2. The highest BCUT2D eigenvalue weighted by molar-refractivity contribution is 5.13. The maximum Gasteiger partial charge on any atom is 0.0493 e. The lowest BCUT2D eigenvalue weighted by Gasteiger charge is -1.82. The summed E-state index contributed by atoms with van der Waals surface area (Å²) < 4.78 is 0. The molecule has 0 saturated carbocycles. The van der Waals surface area contributed by atoms with Crippen molar-refractivity contribution in [2.75, 3.05) is 7.05 Å². The molecule has 0 radical (unpaired) electrons. The van der Waals surface area contributed by atoms with Crippen molar-refractivity contribution >= 4 is 0 Å². The van der Waals surface area contributed by atoms with Crippen molar-refractivity contribution in [2.45, 2.75) is 13.8 Å². The minimum Gasteiger partial charge on any atom is -0.193 e. The summed E-state index contributed by atoms with van der Waals surface area (Å²) in [5.74, 6) is 0. The largest absolute Gasteiger partial charge is 0.193 e. The number of azo groups is 1. The van der Waals surface area contributed by atoms with Crippen LogP contribution in [0.2, 0.25) is 0 Å². The van der Waals surface area contributed by atoms with Crippen LogP contribution in [-0.4, -0.2) is 7.05 Å². The predicted octanol–water partition coefficient (Wildman–Crippen LogP) is 2.55. The molecular weight excluding hydrogens is 112 g/mol. The Labute approximate surface area is 56.0 Å². The first-order valence-corrected chi connectivity index (χ1v) is 2.89. The van der Waals surface area contributed by atoms with Crippen molar-refractivity contribution in [2.24, 2.45) is 10.2 Å². The molecule has 0 heterocycles. The third-order valence-electron chi connectivity index (χ3n) is 0.975. The van der Waals surface area contributed by atoms with Crippen molar-refractivity contribution in [1.29, 1.82) is 0 Å². The van der Waals surface area contributed by atoms with Gasteiger partial charge in [-0.15, -0.1) is 0 Å². The number of hydrogen-bond donors (Lipinski definition) is 0. The molecule has 2 heteroatoms. The van der Waals surface area contributed by atoms with Crippen LogP contribution in [0.1, 0.15) is 13.8 Å². The van der Waals surface area contributed by atoms with E-state index in [2.05, 4.69) is 10.2 Å². The molecule has 0 spiro atoms. The maximum absolute atomic E-state index is 3.66. The van der Waals surface area contributed by atoms with E-state index in [9.17, 15) is 0 Å². The molecule has 0 aromatic carbocycles. The Morgan fingerprint density at radius 1 is 1.44 bits per heavy atom. The highest BCUT2D eigenvalue weighted by Crippen LogP contribution is 1.92. The van der Waals surface area contributed by atoms with E-state index in [1.807, 2.05) is 26.0 Å². The molecule has 0 fully saturated rings. The highest BCUT2D eigenvalue weighted by atomic mass is 15.1. The molecule has 0 aromatic rings. The smallest absolute Gasteiger partial charge is 0.0493 e. The van der Waals surface area contributed by atoms with Crippen LogP contribution in [0.25, 0.3) is 0 Å². The van der Waals surface area contributed by atoms with E-state index in [1.54, 1.807) is 13.2 Å². The molecule has 0 N–H and O–H groups in total. The number of allylic oxidation sites excluding steroid dienone is 3. The van der Waals surface area contributed by atoms with Gasteiger partial charge in [-0.2, -0.15) is 10.2 Å². The van der Waals surface area contributed by atoms with Gasteiger partial charge in [-0.1, -0.05) is 11.6 Å². The van der Waals surface area contributed by atoms with Crippen LogP contribution >= 0.6 is 0 Å². The summed E-state index contributed by atoms with van der Waals surface area (Å²) in [6.07, 6.45) is 5.60. The summed E-state index contributed by atoms with van der Waals surface area (Å²) >= 11 is 0. The molecule has 0 saturated heterocycles. The quantitative estimate of drug-likeness (QED) is 0.399. The van der Waals surface area contributed by atoms with Gasteiger partial charge in [-0.25, -0.2) is 0 Å². The van der Waals surface area contributed by atoms with Crippen LogP contribution in [0.4, 0.5) is 0 Å². The number of rotatable bonds is 2. The lowest BCUT2D eigenvalue weighted by Crippen LogP contribution is -1.61. The maximum atomic E-state index is 3.66. The third kappa shape index (κ3) is 4.94. The van der Waals surface area contributed by atoms with Gasteiger partial charge in [0.2, 0.25) is 0 Å². The summed E-state index contributed by atoms with van der Waals surface area (Å²) in [5, 5.41) is 7.22. The van der Waals surface area contributed by atoms with Crippen molar-refractivity contribution in [3.63, 3.8) is 0 Å². The van der Waals surface area contributed by atoms with Gasteiger partial charge in [-0.05, 0) is 19.9 Å². The van der Waals surface area contributed by atoms with Gasteiger partial charge in [0.25, 0.3) is 0 Å². The van der Waals surface area contributed by atoms with Gasteiger partial charge < -0.3 is 0 Å². The molecular formula is C7H12N2. The SMILES string of the molecule is C/C=C(C)\C=C/N=NC. The van der Waals surface area contributed by atoms with Gasteiger partial charge in [-0.3, -0.25) is 0 Å². The lowest BCUT2D eigenvalue weighted by atomic mass is 10.3. The zero-order valence-electron chi connectivity index (χ0n) is 6.13. The molecule has 0 bridgehead atoms. The van der Waals surface area contributed by atoms with Crippen LogP contribution in [-0.2, 0) is 0 Å². The van der Waals surface area contributed by atoms with E-state index in [-0.39, 0.29) is 0 Å². The summed E-state index contributed by atoms with van der Waals surface area (Å²) in [4.78, 5) is 0. The molecule has 0 atom stereocenters. The van der Waals surface area contributed by atoms with Crippen LogP contribution < -0.4 is 0 Å². The van der Waals surface area contributed by atoms with E-state index in [0.29, 0.717) is 0 Å². The van der Waals surface area contributed by atoms with Crippen LogP contribution in [0.15, 0.2) is 34.2 Å². The Bertz CT molecular complexity index is 143. The summed E-state index contributed by atoms with van der Waals surface area (Å²) in [7, 11) is 1.65. The zero-order valence-corrected chi connectivity index (χ0v) is 6.13. The molecule has 0 unspecified atom stereocenters. The summed E-state index contributed by atoms with van der Waals surface area (Å²) in [6, 6.07) is 0.